The van der Waals surface area contributed by atoms with Gasteiger partial charge < -0.3 is 20.1 Å². The Morgan fingerprint density at radius 2 is 2.24 bits per heavy atom. The van der Waals surface area contributed by atoms with E-state index >= 15 is 0 Å². The molecule has 1 aliphatic heterocycles. The lowest BCUT2D eigenvalue weighted by Gasteiger charge is -2.39. The van der Waals surface area contributed by atoms with E-state index in [-0.39, 0.29) is 5.60 Å². The Kier molecular flexibility index (Phi) is 3.06. The molecule has 6 heteroatoms. The van der Waals surface area contributed by atoms with E-state index < -0.39 is 0 Å². The fraction of sp³-hybridized carbons (Fsp3) is 0.636. The van der Waals surface area contributed by atoms with E-state index in [1.54, 1.807) is 7.11 Å². The second kappa shape index (κ2) is 4.37. The number of methoxy groups -OCH3 is 1. The van der Waals surface area contributed by atoms with E-state index in [0.717, 1.165) is 13.1 Å². The first kappa shape index (κ1) is 11.9. The van der Waals surface area contributed by atoms with Crippen molar-refractivity contribution in [3.63, 3.8) is 0 Å². The van der Waals surface area contributed by atoms with E-state index in [1.807, 2.05) is 13.8 Å². The summed E-state index contributed by atoms with van der Waals surface area (Å²) in [5.41, 5.74) is 6.27. The SMILES string of the molecule is COc1ncnc(N2CCOC(C)(C)C2)c1N. The van der Waals surface area contributed by atoms with Crippen molar-refractivity contribution in [2.45, 2.75) is 19.4 Å². The van der Waals surface area contributed by atoms with Gasteiger partial charge in [-0.3, -0.25) is 0 Å². The fourth-order valence-electron chi connectivity index (χ4n) is 1.98. The van der Waals surface area contributed by atoms with Crippen molar-refractivity contribution < 1.29 is 9.47 Å². The molecule has 0 atom stereocenters. The minimum Gasteiger partial charge on any atom is -0.479 e. The lowest BCUT2D eigenvalue weighted by molar-refractivity contribution is -0.0278. The average molecular weight is 238 g/mol. The Labute approximate surface area is 101 Å². The van der Waals surface area contributed by atoms with Crippen molar-refractivity contribution >= 4 is 11.5 Å². The molecule has 0 spiro atoms. The Hall–Kier alpha value is -1.56. The van der Waals surface area contributed by atoms with Crippen LogP contribution in [0, 0.1) is 0 Å². The molecule has 1 aromatic heterocycles. The van der Waals surface area contributed by atoms with E-state index in [0.29, 0.717) is 24.0 Å². The fourth-order valence-corrected chi connectivity index (χ4v) is 1.98. The van der Waals surface area contributed by atoms with Crippen molar-refractivity contribution in [2.75, 3.05) is 37.4 Å². The number of hydrogen-bond acceptors (Lipinski definition) is 6. The van der Waals surface area contributed by atoms with Crippen molar-refractivity contribution in [3.05, 3.63) is 6.33 Å². The van der Waals surface area contributed by atoms with Gasteiger partial charge in [0.25, 0.3) is 0 Å². The Morgan fingerprint density at radius 1 is 1.47 bits per heavy atom. The van der Waals surface area contributed by atoms with Crippen LogP contribution in [-0.2, 0) is 4.74 Å². The first-order valence-electron chi connectivity index (χ1n) is 5.57. The predicted octanol–water partition coefficient (Wildman–Crippen LogP) is 0.683. The highest BCUT2D eigenvalue weighted by Gasteiger charge is 2.29. The minimum absolute atomic E-state index is 0.192. The monoisotopic (exact) mass is 238 g/mol. The number of anilines is 2. The zero-order chi connectivity index (χ0) is 12.5. The number of nitrogen functional groups attached to an aromatic ring is 1. The summed E-state index contributed by atoms with van der Waals surface area (Å²) in [6, 6.07) is 0. The van der Waals surface area contributed by atoms with Gasteiger partial charge in [-0.1, -0.05) is 0 Å². The quantitative estimate of drug-likeness (QED) is 0.817. The minimum atomic E-state index is -0.192. The zero-order valence-corrected chi connectivity index (χ0v) is 10.4. The summed E-state index contributed by atoms with van der Waals surface area (Å²) < 4.78 is 10.8. The first-order chi connectivity index (χ1) is 8.03. The van der Waals surface area contributed by atoms with Crippen molar-refractivity contribution in [1.29, 1.82) is 0 Å². The summed E-state index contributed by atoms with van der Waals surface area (Å²) in [5, 5.41) is 0. The van der Waals surface area contributed by atoms with Crippen molar-refractivity contribution in [2.24, 2.45) is 0 Å². The molecule has 0 aliphatic carbocycles. The number of aromatic nitrogens is 2. The van der Waals surface area contributed by atoms with Gasteiger partial charge in [-0.25, -0.2) is 4.98 Å². The molecule has 0 unspecified atom stereocenters. The van der Waals surface area contributed by atoms with Gasteiger partial charge >= 0.3 is 0 Å². The molecule has 0 saturated carbocycles. The predicted molar refractivity (Wildman–Crippen MR) is 65.2 cm³/mol. The van der Waals surface area contributed by atoms with Gasteiger partial charge in [0.2, 0.25) is 5.88 Å². The third kappa shape index (κ3) is 2.41. The van der Waals surface area contributed by atoms with E-state index in [1.165, 1.54) is 6.33 Å². The normalized spacial score (nSPS) is 19.1. The smallest absolute Gasteiger partial charge is 0.242 e. The third-order valence-electron chi connectivity index (χ3n) is 2.74. The lowest BCUT2D eigenvalue weighted by Crippen LogP contribution is -2.48. The van der Waals surface area contributed by atoms with Crippen LogP contribution < -0.4 is 15.4 Å². The summed E-state index contributed by atoms with van der Waals surface area (Å²) in [4.78, 5) is 10.3. The molecule has 2 N–H and O–H groups in total. The van der Waals surface area contributed by atoms with Gasteiger partial charge in [0.1, 0.15) is 12.0 Å². The molecule has 94 valence electrons. The summed E-state index contributed by atoms with van der Waals surface area (Å²) in [6.45, 7) is 6.28. The Balaban J connectivity index is 2.28. The molecule has 1 aromatic rings. The summed E-state index contributed by atoms with van der Waals surface area (Å²) in [6.07, 6.45) is 1.47. The van der Waals surface area contributed by atoms with Gasteiger partial charge in [-0.05, 0) is 13.8 Å². The van der Waals surface area contributed by atoms with Crippen LogP contribution in [0.2, 0.25) is 0 Å². The first-order valence-corrected chi connectivity index (χ1v) is 5.57. The maximum atomic E-state index is 5.98. The lowest BCUT2D eigenvalue weighted by atomic mass is 10.1. The maximum Gasteiger partial charge on any atom is 0.242 e. The molecular weight excluding hydrogens is 220 g/mol. The molecule has 1 fully saturated rings. The maximum absolute atomic E-state index is 5.98. The van der Waals surface area contributed by atoms with Gasteiger partial charge in [0, 0.05) is 13.1 Å². The highest BCUT2D eigenvalue weighted by Crippen LogP contribution is 2.30. The topological polar surface area (TPSA) is 73.5 Å². The summed E-state index contributed by atoms with van der Waals surface area (Å²) >= 11 is 0. The molecule has 2 heterocycles. The van der Waals surface area contributed by atoms with Gasteiger partial charge in [-0.2, -0.15) is 4.98 Å². The molecule has 0 aromatic carbocycles. The molecule has 1 aliphatic rings. The third-order valence-corrected chi connectivity index (χ3v) is 2.74. The van der Waals surface area contributed by atoms with Gasteiger partial charge in [-0.15, -0.1) is 0 Å². The van der Waals surface area contributed by atoms with Crippen LogP contribution in [-0.4, -0.2) is 42.4 Å². The molecule has 1 saturated heterocycles. The highest BCUT2D eigenvalue weighted by molar-refractivity contribution is 5.67. The number of nitrogens with zero attached hydrogens (tertiary/aromatic N) is 3. The largest absolute Gasteiger partial charge is 0.479 e. The van der Waals surface area contributed by atoms with E-state index in [9.17, 15) is 0 Å². The molecule has 0 amide bonds. The molecule has 17 heavy (non-hydrogen) atoms. The Bertz CT molecular complexity index is 408. The number of ether oxygens (including phenoxy) is 2. The van der Waals surface area contributed by atoms with Crippen LogP contribution in [0.5, 0.6) is 5.88 Å². The Morgan fingerprint density at radius 3 is 2.88 bits per heavy atom. The molecule has 6 nitrogen and oxygen atoms in total. The van der Waals surface area contributed by atoms with Crippen LogP contribution in [0.3, 0.4) is 0 Å². The second-order valence-corrected chi connectivity index (χ2v) is 4.65. The van der Waals surface area contributed by atoms with Crippen LogP contribution in [0.1, 0.15) is 13.8 Å². The second-order valence-electron chi connectivity index (χ2n) is 4.65. The molecular formula is C11H18N4O2. The standard InChI is InChI=1S/C11H18N4O2/c1-11(2)6-15(4-5-17-11)9-8(12)10(16-3)14-7-13-9/h7H,4-6,12H2,1-3H3. The summed E-state index contributed by atoms with van der Waals surface area (Å²) in [7, 11) is 1.55. The zero-order valence-electron chi connectivity index (χ0n) is 10.4. The van der Waals surface area contributed by atoms with Gasteiger partial charge in [0.05, 0.1) is 19.3 Å². The molecule has 0 bridgehead atoms. The van der Waals surface area contributed by atoms with E-state index in [2.05, 4.69) is 14.9 Å². The molecule has 2 rings (SSSR count). The highest BCUT2D eigenvalue weighted by atomic mass is 16.5. The average Bonchev–Trinajstić information content (AvgIpc) is 2.28. The van der Waals surface area contributed by atoms with Crippen LogP contribution >= 0.6 is 0 Å². The number of morpholine rings is 1. The number of nitrogens with two attached hydrogens (primary N) is 1. The number of rotatable bonds is 2. The van der Waals surface area contributed by atoms with Crippen LogP contribution in [0.25, 0.3) is 0 Å². The molecule has 0 radical (unpaired) electrons. The van der Waals surface area contributed by atoms with Gasteiger partial charge in [0.15, 0.2) is 5.82 Å². The van der Waals surface area contributed by atoms with Crippen LogP contribution in [0.4, 0.5) is 11.5 Å². The van der Waals surface area contributed by atoms with E-state index in [4.69, 9.17) is 15.2 Å². The number of hydrogen-bond donors (Lipinski definition) is 1. The van der Waals surface area contributed by atoms with Crippen molar-refractivity contribution in [3.8, 4) is 5.88 Å². The van der Waals surface area contributed by atoms with Crippen molar-refractivity contribution in [1.82, 2.24) is 9.97 Å². The van der Waals surface area contributed by atoms with Crippen LogP contribution in [0.15, 0.2) is 6.33 Å². The summed E-state index contributed by atoms with van der Waals surface area (Å²) in [5.74, 6) is 1.13.